The first-order valence-electron chi connectivity index (χ1n) is 6.52. The molecule has 0 aliphatic carbocycles. The lowest BCUT2D eigenvalue weighted by Crippen LogP contribution is -2.55. The molecule has 100 valence electrons. The Morgan fingerprint density at radius 2 is 1.94 bits per heavy atom. The normalized spacial score (nSPS) is 24.9. The molecule has 1 aliphatic rings. The summed E-state index contributed by atoms with van der Waals surface area (Å²) >= 11 is 0. The van der Waals surface area contributed by atoms with Crippen LogP contribution in [-0.2, 0) is 9.53 Å². The highest BCUT2D eigenvalue weighted by Crippen LogP contribution is 2.20. The van der Waals surface area contributed by atoms with Gasteiger partial charge in [-0.1, -0.05) is 27.7 Å². The molecule has 0 aromatic carbocycles. The molecular weight excluding hydrogens is 216 g/mol. The molecule has 1 saturated heterocycles. The van der Waals surface area contributed by atoms with Crippen LogP contribution in [0.4, 0.5) is 0 Å². The van der Waals surface area contributed by atoms with E-state index in [-0.39, 0.29) is 5.91 Å². The van der Waals surface area contributed by atoms with Crippen molar-refractivity contribution in [2.24, 2.45) is 23.5 Å². The second kappa shape index (κ2) is 5.83. The second-order valence-electron chi connectivity index (χ2n) is 5.82. The summed E-state index contributed by atoms with van der Waals surface area (Å²) in [6.45, 7) is 10.4. The monoisotopic (exact) mass is 242 g/mol. The van der Waals surface area contributed by atoms with Gasteiger partial charge in [-0.3, -0.25) is 4.79 Å². The van der Waals surface area contributed by atoms with Crippen molar-refractivity contribution in [3.8, 4) is 0 Å². The third-order valence-electron chi connectivity index (χ3n) is 3.72. The summed E-state index contributed by atoms with van der Waals surface area (Å²) in [5.41, 5.74) is 5.20. The molecule has 0 saturated carbocycles. The molecule has 0 spiro atoms. The summed E-state index contributed by atoms with van der Waals surface area (Å²) < 4.78 is 5.20. The highest BCUT2D eigenvalue weighted by Gasteiger charge is 2.38. The predicted molar refractivity (Wildman–Crippen MR) is 68.5 cm³/mol. The summed E-state index contributed by atoms with van der Waals surface area (Å²) in [6.07, 6.45) is 0.618. The number of nitrogens with two attached hydrogens (primary N) is 1. The van der Waals surface area contributed by atoms with E-state index in [0.29, 0.717) is 43.9 Å². The molecule has 1 aliphatic heterocycles. The van der Waals surface area contributed by atoms with Crippen LogP contribution in [0.1, 0.15) is 34.1 Å². The van der Waals surface area contributed by atoms with Crippen LogP contribution in [0.3, 0.4) is 0 Å². The number of carbonyl (C=O) groups is 1. The minimum absolute atomic E-state index is 0.0682. The van der Waals surface area contributed by atoms with Gasteiger partial charge >= 0.3 is 0 Å². The average molecular weight is 242 g/mol. The van der Waals surface area contributed by atoms with Crippen LogP contribution < -0.4 is 11.1 Å². The van der Waals surface area contributed by atoms with Crippen molar-refractivity contribution in [3.63, 3.8) is 0 Å². The first kappa shape index (κ1) is 14.5. The number of nitrogens with one attached hydrogen (secondary N) is 1. The molecule has 1 rings (SSSR count). The summed E-state index contributed by atoms with van der Waals surface area (Å²) in [6, 6.07) is 0. The molecule has 3 N–H and O–H groups in total. The Bertz CT molecular complexity index is 250. The number of hydrogen-bond acceptors (Lipinski definition) is 3. The zero-order valence-corrected chi connectivity index (χ0v) is 11.5. The van der Waals surface area contributed by atoms with E-state index in [9.17, 15) is 4.79 Å². The number of amides is 1. The van der Waals surface area contributed by atoms with Gasteiger partial charge in [0.2, 0.25) is 5.91 Å². The summed E-state index contributed by atoms with van der Waals surface area (Å²) in [5.74, 6) is 1.54. The lowest BCUT2D eigenvalue weighted by molar-refractivity contribution is -0.126. The number of hydrogen-bond donors (Lipinski definition) is 2. The number of ether oxygens (including phenoxy) is 1. The molecule has 0 aromatic rings. The van der Waals surface area contributed by atoms with Crippen molar-refractivity contribution in [3.05, 3.63) is 0 Å². The van der Waals surface area contributed by atoms with Crippen molar-refractivity contribution >= 4 is 5.91 Å². The predicted octanol–water partition coefficient (Wildman–Crippen LogP) is 1.15. The van der Waals surface area contributed by atoms with Crippen molar-refractivity contribution in [1.29, 1.82) is 0 Å². The van der Waals surface area contributed by atoms with Crippen LogP contribution in [0.15, 0.2) is 0 Å². The minimum Gasteiger partial charge on any atom is -0.379 e. The molecule has 1 amide bonds. The molecule has 4 heteroatoms. The van der Waals surface area contributed by atoms with Gasteiger partial charge in [-0.25, -0.2) is 0 Å². The van der Waals surface area contributed by atoms with Crippen molar-refractivity contribution in [2.75, 3.05) is 19.8 Å². The van der Waals surface area contributed by atoms with Gasteiger partial charge in [0.25, 0.3) is 0 Å². The lowest BCUT2D eigenvalue weighted by Gasteiger charge is -2.27. The fraction of sp³-hybridized carbons (Fsp3) is 0.923. The van der Waals surface area contributed by atoms with E-state index in [1.807, 2.05) is 0 Å². The Kier molecular flexibility index (Phi) is 4.95. The standard InChI is InChI=1S/C13H26N2O2/c1-9(2)11(10(3)4)7-15-12(16)13(14)5-6-17-8-13/h9-11H,5-8,14H2,1-4H3,(H,15,16). The molecule has 1 heterocycles. The second-order valence-corrected chi connectivity index (χ2v) is 5.82. The average Bonchev–Trinajstić information content (AvgIpc) is 2.65. The van der Waals surface area contributed by atoms with E-state index < -0.39 is 5.54 Å². The first-order chi connectivity index (χ1) is 7.87. The molecule has 1 unspecified atom stereocenters. The highest BCUT2D eigenvalue weighted by atomic mass is 16.5. The van der Waals surface area contributed by atoms with Gasteiger partial charge in [0, 0.05) is 13.2 Å². The SMILES string of the molecule is CC(C)C(CNC(=O)C1(N)CCOC1)C(C)C. The Morgan fingerprint density at radius 3 is 2.35 bits per heavy atom. The third-order valence-corrected chi connectivity index (χ3v) is 3.72. The largest absolute Gasteiger partial charge is 0.379 e. The lowest BCUT2D eigenvalue weighted by atomic mass is 9.85. The van der Waals surface area contributed by atoms with Crippen molar-refractivity contribution < 1.29 is 9.53 Å². The fourth-order valence-electron chi connectivity index (χ4n) is 2.39. The van der Waals surface area contributed by atoms with Gasteiger partial charge < -0.3 is 15.8 Å². The maximum atomic E-state index is 12.0. The number of carbonyl (C=O) groups excluding carboxylic acids is 1. The first-order valence-corrected chi connectivity index (χ1v) is 6.52. The summed E-state index contributed by atoms with van der Waals surface area (Å²) in [7, 11) is 0. The van der Waals surface area contributed by atoms with Gasteiger partial charge in [-0.15, -0.1) is 0 Å². The van der Waals surface area contributed by atoms with Crippen LogP contribution in [0.2, 0.25) is 0 Å². The van der Waals surface area contributed by atoms with E-state index >= 15 is 0 Å². The Hall–Kier alpha value is -0.610. The van der Waals surface area contributed by atoms with Crippen LogP contribution in [-0.4, -0.2) is 31.2 Å². The topological polar surface area (TPSA) is 64.4 Å². The highest BCUT2D eigenvalue weighted by molar-refractivity contribution is 5.86. The van der Waals surface area contributed by atoms with Gasteiger partial charge in [0.1, 0.15) is 5.54 Å². The molecule has 1 fully saturated rings. The van der Waals surface area contributed by atoms with Gasteiger partial charge in [-0.05, 0) is 24.2 Å². The number of rotatable bonds is 5. The molecule has 0 aromatic heterocycles. The van der Waals surface area contributed by atoms with E-state index in [1.54, 1.807) is 0 Å². The van der Waals surface area contributed by atoms with Gasteiger partial charge in [0.15, 0.2) is 0 Å². The van der Waals surface area contributed by atoms with Crippen LogP contribution in [0, 0.1) is 17.8 Å². The molecule has 4 nitrogen and oxygen atoms in total. The molecule has 17 heavy (non-hydrogen) atoms. The summed E-state index contributed by atoms with van der Waals surface area (Å²) in [4.78, 5) is 12.0. The minimum atomic E-state index is -0.807. The van der Waals surface area contributed by atoms with E-state index in [0.717, 1.165) is 0 Å². The van der Waals surface area contributed by atoms with Crippen LogP contribution >= 0.6 is 0 Å². The zero-order valence-electron chi connectivity index (χ0n) is 11.5. The van der Waals surface area contributed by atoms with E-state index in [2.05, 4.69) is 33.0 Å². The smallest absolute Gasteiger partial charge is 0.242 e. The maximum absolute atomic E-state index is 12.0. The van der Waals surface area contributed by atoms with Crippen molar-refractivity contribution in [2.45, 2.75) is 39.7 Å². The summed E-state index contributed by atoms with van der Waals surface area (Å²) in [5, 5.41) is 2.98. The van der Waals surface area contributed by atoms with Gasteiger partial charge in [-0.2, -0.15) is 0 Å². The molecule has 0 radical (unpaired) electrons. The Morgan fingerprint density at radius 1 is 1.35 bits per heavy atom. The van der Waals surface area contributed by atoms with Gasteiger partial charge in [0.05, 0.1) is 6.61 Å². The van der Waals surface area contributed by atoms with E-state index in [1.165, 1.54) is 0 Å². The van der Waals surface area contributed by atoms with Crippen molar-refractivity contribution in [1.82, 2.24) is 5.32 Å². The third kappa shape index (κ3) is 3.68. The fourth-order valence-corrected chi connectivity index (χ4v) is 2.39. The maximum Gasteiger partial charge on any atom is 0.242 e. The van der Waals surface area contributed by atoms with E-state index in [4.69, 9.17) is 10.5 Å². The Labute approximate surface area is 104 Å². The molecular formula is C13H26N2O2. The Balaban J connectivity index is 2.46. The zero-order chi connectivity index (χ0) is 13.1. The van der Waals surface area contributed by atoms with Crippen LogP contribution in [0.5, 0.6) is 0 Å². The van der Waals surface area contributed by atoms with Crippen LogP contribution in [0.25, 0.3) is 0 Å². The molecule has 1 atom stereocenters. The quantitative estimate of drug-likeness (QED) is 0.760. The molecule has 0 bridgehead atoms.